The molecule has 0 fully saturated rings. The fraction of sp³-hybridized carbons (Fsp3) is 0.571. The van der Waals surface area contributed by atoms with Crippen molar-refractivity contribution in [1.82, 2.24) is 0 Å². The van der Waals surface area contributed by atoms with E-state index in [4.69, 9.17) is 5.11 Å². The average molecular weight is 250 g/mol. The SMILES string of the molecule is O=C([O-])CC(OCCC(=O)O)C(=O)[O-].[Na+].[Na+]. The van der Waals surface area contributed by atoms with Gasteiger partial charge in [0, 0.05) is 12.4 Å². The first-order valence-electron chi connectivity index (χ1n) is 3.67. The minimum Gasteiger partial charge on any atom is -0.550 e. The van der Waals surface area contributed by atoms with E-state index in [9.17, 15) is 24.6 Å². The van der Waals surface area contributed by atoms with Crippen molar-refractivity contribution in [2.45, 2.75) is 18.9 Å². The molecule has 0 amide bonds. The zero-order chi connectivity index (χ0) is 11.1. The minimum absolute atomic E-state index is 0. The topological polar surface area (TPSA) is 127 Å². The number of aliphatic carboxylic acids is 3. The molecule has 1 atom stereocenters. The van der Waals surface area contributed by atoms with Gasteiger partial charge in [0.25, 0.3) is 0 Å². The van der Waals surface area contributed by atoms with E-state index in [-0.39, 0.29) is 65.7 Å². The molecule has 1 N–H and O–H groups in total. The van der Waals surface area contributed by atoms with Gasteiger partial charge in [-0.1, -0.05) is 0 Å². The van der Waals surface area contributed by atoms with Gasteiger partial charge < -0.3 is 29.6 Å². The molecule has 80 valence electrons. The molecule has 0 aliphatic carbocycles. The van der Waals surface area contributed by atoms with E-state index in [0.717, 1.165) is 0 Å². The van der Waals surface area contributed by atoms with Gasteiger partial charge in [0.05, 0.1) is 19.0 Å². The van der Waals surface area contributed by atoms with Gasteiger partial charge in [-0.2, -0.15) is 0 Å². The van der Waals surface area contributed by atoms with Crippen LogP contribution in [0, 0.1) is 0 Å². The molecule has 9 heteroatoms. The molecule has 1 unspecified atom stereocenters. The minimum atomic E-state index is -1.71. The Morgan fingerprint density at radius 3 is 2.00 bits per heavy atom. The Balaban J connectivity index is -0.000000845. The molecule has 0 heterocycles. The molecule has 0 saturated carbocycles. The molecule has 7 nitrogen and oxygen atoms in total. The molecular weight excluding hydrogens is 242 g/mol. The zero-order valence-electron chi connectivity index (χ0n) is 9.10. The second kappa shape index (κ2) is 11.8. The van der Waals surface area contributed by atoms with Crippen molar-refractivity contribution in [2.24, 2.45) is 0 Å². The van der Waals surface area contributed by atoms with Crippen molar-refractivity contribution >= 4 is 17.9 Å². The third-order valence-corrected chi connectivity index (χ3v) is 1.25. The summed E-state index contributed by atoms with van der Waals surface area (Å²) in [5.41, 5.74) is 0. The van der Waals surface area contributed by atoms with Gasteiger partial charge >= 0.3 is 65.1 Å². The number of hydrogen-bond donors (Lipinski definition) is 1. The Labute approximate surface area is 136 Å². The van der Waals surface area contributed by atoms with Crippen molar-refractivity contribution in [1.29, 1.82) is 0 Å². The third kappa shape index (κ3) is 12.4. The number of ether oxygens (including phenoxy) is 1. The monoisotopic (exact) mass is 250 g/mol. The first kappa shape index (κ1) is 21.6. The van der Waals surface area contributed by atoms with Crippen molar-refractivity contribution in [3.63, 3.8) is 0 Å². The average Bonchev–Trinajstić information content (AvgIpc) is 2.00. The van der Waals surface area contributed by atoms with Gasteiger partial charge in [-0.15, -0.1) is 0 Å². The molecule has 0 aromatic heterocycles. The Morgan fingerprint density at radius 2 is 1.69 bits per heavy atom. The van der Waals surface area contributed by atoms with Crippen LogP contribution in [0.2, 0.25) is 0 Å². The Hall–Kier alpha value is 0.370. The summed E-state index contributed by atoms with van der Waals surface area (Å²) in [6.07, 6.45) is -2.93. The Morgan fingerprint density at radius 1 is 1.19 bits per heavy atom. The van der Waals surface area contributed by atoms with Crippen molar-refractivity contribution < 1.29 is 93.6 Å². The van der Waals surface area contributed by atoms with Crippen LogP contribution in [-0.2, 0) is 19.1 Å². The molecule has 0 aromatic carbocycles. The van der Waals surface area contributed by atoms with Gasteiger partial charge in [-0.3, -0.25) is 4.79 Å². The van der Waals surface area contributed by atoms with E-state index in [1.807, 2.05) is 0 Å². The van der Waals surface area contributed by atoms with Crippen LogP contribution < -0.4 is 69.3 Å². The standard InChI is InChI=1S/C7H10O7.2Na/c8-5(9)1-2-14-4(7(12)13)3-6(10)11;;/h4H,1-3H2,(H,8,9)(H,10,11)(H,12,13);;/q;2*+1/p-2. The van der Waals surface area contributed by atoms with E-state index in [1.165, 1.54) is 0 Å². The van der Waals surface area contributed by atoms with Gasteiger partial charge in [-0.25, -0.2) is 0 Å². The maximum atomic E-state index is 10.2. The summed E-state index contributed by atoms with van der Waals surface area (Å²) in [7, 11) is 0. The summed E-state index contributed by atoms with van der Waals surface area (Å²) in [6, 6.07) is 0. The van der Waals surface area contributed by atoms with Gasteiger partial charge in [0.1, 0.15) is 6.10 Å². The number of carbonyl (C=O) groups is 3. The molecule has 0 bridgehead atoms. The second-order valence-electron chi connectivity index (χ2n) is 2.40. The van der Waals surface area contributed by atoms with Crippen LogP contribution in [0.1, 0.15) is 12.8 Å². The van der Waals surface area contributed by atoms with E-state index in [1.54, 1.807) is 0 Å². The summed E-state index contributed by atoms with van der Waals surface area (Å²) in [6.45, 7) is -0.388. The van der Waals surface area contributed by atoms with Crippen molar-refractivity contribution in [3.05, 3.63) is 0 Å². The van der Waals surface area contributed by atoms with Gasteiger partial charge in [0.2, 0.25) is 0 Å². The fourth-order valence-electron chi connectivity index (χ4n) is 0.650. The third-order valence-electron chi connectivity index (χ3n) is 1.25. The summed E-state index contributed by atoms with van der Waals surface area (Å²) in [5.74, 6) is -4.48. The van der Waals surface area contributed by atoms with Crippen LogP contribution in [0.3, 0.4) is 0 Å². The molecule has 0 radical (unpaired) electrons. The van der Waals surface area contributed by atoms with E-state index in [0.29, 0.717) is 0 Å². The predicted octanol–water partition coefficient (Wildman–Crippen LogP) is -9.26. The van der Waals surface area contributed by atoms with Crippen LogP contribution >= 0.6 is 0 Å². The Bertz CT molecular complexity index is 243. The zero-order valence-corrected chi connectivity index (χ0v) is 13.1. The van der Waals surface area contributed by atoms with E-state index in [2.05, 4.69) is 4.74 Å². The number of hydrogen-bond acceptors (Lipinski definition) is 6. The first-order chi connectivity index (χ1) is 6.43. The molecule has 0 aliphatic rings. The maximum Gasteiger partial charge on any atom is 1.00 e. The Kier molecular flexibility index (Phi) is 16.0. The number of rotatable bonds is 7. The van der Waals surface area contributed by atoms with Crippen molar-refractivity contribution in [2.75, 3.05) is 6.61 Å². The van der Waals surface area contributed by atoms with Crippen LogP contribution in [0.25, 0.3) is 0 Å². The molecule has 0 aliphatic heterocycles. The van der Waals surface area contributed by atoms with Gasteiger partial charge in [-0.05, 0) is 0 Å². The van der Waals surface area contributed by atoms with Crippen LogP contribution in [0.5, 0.6) is 0 Å². The number of carboxylic acids is 3. The number of carboxylic acid groups (broad SMARTS) is 3. The molecule has 0 aromatic rings. The fourth-order valence-corrected chi connectivity index (χ4v) is 0.650. The second-order valence-corrected chi connectivity index (χ2v) is 2.40. The summed E-state index contributed by atoms with van der Waals surface area (Å²) >= 11 is 0. The van der Waals surface area contributed by atoms with Crippen molar-refractivity contribution in [3.8, 4) is 0 Å². The summed E-state index contributed by atoms with van der Waals surface area (Å²) in [5, 5.41) is 28.4. The first-order valence-corrected chi connectivity index (χ1v) is 3.67. The van der Waals surface area contributed by atoms with Crippen LogP contribution in [-0.4, -0.2) is 35.7 Å². The predicted molar refractivity (Wildman–Crippen MR) is 36.6 cm³/mol. The van der Waals surface area contributed by atoms with Crippen LogP contribution in [0.15, 0.2) is 0 Å². The quantitative estimate of drug-likeness (QED) is 0.444. The van der Waals surface area contributed by atoms with Crippen LogP contribution in [0.4, 0.5) is 0 Å². The smallest absolute Gasteiger partial charge is 0.550 e. The summed E-state index contributed by atoms with van der Waals surface area (Å²) < 4.78 is 4.46. The molecule has 0 saturated heterocycles. The largest absolute Gasteiger partial charge is 1.00 e. The van der Waals surface area contributed by atoms with Gasteiger partial charge in [0.15, 0.2) is 0 Å². The van der Waals surface area contributed by atoms with E-state index >= 15 is 0 Å². The molecule has 16 heavy (non-hydrogen) atoms. The molecular formula is C7H8Na2O7. The number of carbonyl (C=O) groups excluding carboxylic acids is 2. The van der Waals surface area contributed by atoms with E-state index < -0.39 is 36.9 Å². The molecule has 0 spiro atoms. The normalized spacial score (nSPS) is 10.5. The summed E-state index contributed by atoms with van der Waals surface area (Å²) in [4.78, 5) is 30.2. The molecule has 0 rings (SSSR count). The maximum absolute atomic E-state index is 10.2.